The van der Waals surface area contributed by atoms with Crippen LogP contribution in [-0.4, -0.2) is 5.78 Å². The van der Waals surface area contributed by atoms with Gasteiger partial charge in [-0.05, 0) is 72.8 Å². The van der Waals surface area contributed by atoms with Crippen LogP contribution in [-0.2, 0) is 0 Å². The van der Waals surface area contributed by atoms with Crippen LogP contribution in [0.25, 0.3) is 0 Å². The maximum atomic E-state index is 12.4. The quantitative estimate of drug-likeness (QED) is 0.465. The third-order valence-corrected chi connectivity index (χ3v) is 3.53. The van der Waals surface area contributed by atoms with Crippen molar-refractivity contribution >= 4 is 5.78 Å². The topological polar surface area (TPSA) is 35.5 Å². The van der Waals surface area contributed by atoms with Crippen LogP contribution in [0, 0.1) is 0 Å². The minimum atomic E-state index is -0.0208. The van der Waals surface area contributed by atoms with Gasteiger partial charge in [0.05, 0.1) is 0 Å². The minimum absolute atomic E-state index is 0.0208. The van der Waals surface area contributed by atoms with Crippen molar-refractivity contribution in [1.29, 1.82) is 0 Å². The molecule has 0 spiro atoms. The van der Waals surface area contributed by atoms with E-state index in [0.29, 0.717) is 22.6 Å². The molecule has 0 saturated carbocycles. The summed E-state index contributed by atoms with van der Waals surface area (Å²) in [5.74, 6) is 2.80. The van der Waals surface area contributed by atoms with E-state index >= 15 is 0 Å². The van der Waals surface area contributed by atoms with Crippen LogP contribution >= 0.6 is 0 Å². The fourth-order valence-electron chi connectivity index (χ4n) is 2.36. The van der Waals surface area contributed by atoms with E-state index in [0.717, 1.165) is 11.5 Å². The Kier molecular flexibility index (Phi) is 2.90. The highest BCUT2D eigenvalue weighted by molar-refractivity contribution is 6.09. The lowest BCUT2D eigenvalue weighted by Gasteiger charge is -2.08. The summed E-state index contributed by atoms with van der Waals surface area (Å²) in [6.07, 6.45) is 0. The largest absolute Gasteiger partial charge is 0.457 e. The zero-order valence-electron chi connectivity index (χ0n) is 11.7. The van der Waals surface area contributed by atoms with Crippen LogP contribution in [0.3, 0.4) is 0 Å². The van der Waals surface area contributed by atoms with Crippen molar-refractivity contribution in [3.63, 3.8) is 0 Å². The van der Waals surface area contributed by atoms with Crippen LogP contribution in [0.5, 0.6) is 23.0 Å². The van der Waals surface area contributed by atoms with Gasteiger partial charge in [0.15, 0.2) is 5.78 Å². The molecule has 106 valence electrons. The van der Waals surface area contributed by atoms with Gasteiger partial charge < -0.3 is 9.47 Å². The summed E-state index contributed by atoms with van der Waals surface area (Å²) in [7, 11) is 0. The fraction of sp³-hybridized carbons (Fsp3) is 0. The average molecular weight is 288 g/mol. The van der Waals surface area contributed by atoms with E-state index in [2.05, 4.69) is 0 Å². The van der Waals surface area contributed by atoms with E-state index in [1.54, 1.807) is 48.5 Å². The molecular weight excluding hydrogens is 276 g/mol. The van der Waals surface area contributed by atoms with E-state index in [9.17, 15) is 4.79 Å². The second-order valence-corrected chi connectivity index (χ2v) is 5.05. The second kappa shape index (κ2) is 5.04. The molecule has 0 radical (unpaired) electrons. The Labute approximate surface area is 127 Å². The van der Waals surface area contributed by atoms with Gasteiger partial charge in [0.25, 0.3) is 0 Å². The number of benzene rings is 3. The summed E-state index contributed by atoms with van der Waals surface area (Å²) < 4.78 is 11.5. The normalized spacial score (nSPS) is 12.5. The first-order chi connectivity index (χ1) is 10.8. The Morgan fingerprint density at radius 2 is 0.727 bits per heavy atom. The number of ketones is 1. The molecular formula is C19H12O3. The van der Waals surface area contributed by atoms with Crippen molar-refractivity contribution in [2.45, 2.75) is 0 Å². The zero-order chi connectivity index (χ0) is 14.9. The van der Waals surface area contributed by atoms with Gasteiger partial charge in [-0.25, -0.2) is 0 Å². The maximum absolute atomic E-state index is 12.4. The molecule has 3 aromatic carbocycles. The highest BCUT2D eigenvalue weighted by Gasteiger charge is 2.10. The average Bonchev–Trinajstić information content (AvgIpc) is 2.58. The molecule has 6 bridgehead atoms. The molecule has 0 unspecified atom stereocenters. The molecule has 0 N–H and O–H groups in total. The van der Waals surface area contributed by atoms with E-state index in [1.165, 1.54) is 0 Å². The first-order valence-corrected chi connectivity index (χ1v) is 6.98. The van der Waals surface area contributed by atoms with Gasteiger partial charge in [-0.2, -0.15) is 0 Å². The number of rotatable bonds is 0. The molecule has 4 heterocycles. The van der Waals surface area contributed by atoms with Crippen LogP contribution < -0.4 is 9.47 Å². The van der Waals surface area contributed by atoms with Crippen molar-refractivity contribution in [1.82, 2.24) is 0 Å². The summed E-state index contributed by atoms with van der Waals surface area (Å²) in [5, 5.41) is 0. The maximum Gasteiger partial charge on any atom is 0.193 e. The molecule has 7 rings (SSSR count). The number of hydrogen-bond acceptors (Lipinski definition) is 3. The van der Waals surface area contributed by atoms with E-state index in [-0.39, 0.29) is 5.78 Å². The SMILES string of the molecule is O=C1c2ccc(cc2)Oc2ccc(cc2)Oc2ccc1cc2. The van der Waals surface area contributed by atoms with Crippen molar-refractivity contribution in [3.05, 3.63) is 83.9 Å². The summed E-state index contributed by atoms with van der Waals surface area (Å²) >= 11 is 0. The molecule has 3 aromatic rings. The highest BCUT2D eigenvalue weighted by Crippen LogP contribution is 2.28. The number of carbonyl (C=O) groups excluding carboxylic acids is 1. The first-order valence-electron chi connectivity index (χ1n) is 6.98. The van der Waals surface area contributed by atoms with Crippen LogP contribution in [0.2, 0.25) is 0 Å². The highest BCUT2D eigenvalue weighted by atomic mass is 16.5. The van der Waals surface area contributed by atoms with Gasteiger partial charge in [-0.3, -0.25) is 4.79 Å². The van der Waals surface area contributed by atoms with Crippen molar-refractivity contribution in [3.8, 4) is 23.0 Å². The van der Waals surface area contributed by atoms with Gasteiger partial charge in [0.1, 0.15) is 23.0 Å². The molecule has 3 heteroatoms. The first kappa shape index (κ1) is 12.7. The molecule has 0 atom stereocenters. The molecule has 4 aliphatic rings. The monoisotopic (exact) mass is 288 g/mol. The molecule has 0 amide bonds. The Balaban J connectivity index is 1.86. The second-order valence-electron chi connectivity index (χ2n) is 5.05. The number of ether oxygens (including phenoxy) is 2. The number of carbonyl (C=O) groups is 1. The lowest BCUT2D eigenvalue weighted by atomic mass is 10.0. The van der Waals surface area contributed by atoms with Crippen LogP contribution in [0.1, 0.15) is 15.9 Å². The van der Waals surface area contributed by atoms with Gasteiger partial charge in [0.2, 0.25) is 0 Å². The predicted octanol–water partition coefficient (Wildman–Crippen LogP) is 4.82. The van der Waals surface area contributed by atoms with E-state index in [1.807, 2.05) is 24.3 Å². The smallest absolute Gasteiger partial charge is 0.193 e. The summed E-state index contributed by atoms with van der Waals surface area (Å²) in [6.45, 7) is 0. The van der Waals surface area contributed by atoms with Gasteiger partial charge >= 0.3 is 0 Å². The number of fused-ring (bicyclic) bond motifs is 3. The van der Waals surface area contributed by atoms with Gasteiger partial charge in [0, 0.05) is 11.1 Å². The molecule has 0 fully saturated rings. The Morgan fingerprint density at radius 1 is 0.455 bits per heavy atom. The van der Waals surface area contributed by atoms with Crippen molar-refractivity contribution < 1.29 is 14.3 Å². The summed E-state index contributed by atoms with van der Waals surface area (Å²) in [5.41, 5.74) is 1.26. The minimum Gasteiger partial charge on any atom is -0.457 e. The molecule has 0 aliphatic carbocycles. The lowest BCUT2D eigenvalue weighted by Crippen LogP contribution is -2.00. The van der Waals surface area contributed by atoms with E-state index < -0.39 is 0 Å². The van der Waals surface area contributed by atoms with Crippen LogP contribution in [0.15, 0.2) is 72.8 Å². The van der Waals surface area contributed by atoms with E-state index in [4.69, 9.17) is 9.47 Å². The molecule has 22 heavy (non-hydrogen) atoms. The fourth-order valence-corrected chi connectivity index (χ4v) is 2.36. The summed E-state index contributed by atoms with van der Waals surface area (Å²) in [4.78, 5) is 12.4. The van der Waals surface area contributed by atoms with Crippen molar-refractivity contribution in [2.75, 3.05) is 0 Å². The third-order valence-electron chi connectivity index (χ3n) is 3.53. The third kappa shape index (κ3) is 2.33. The molecule has 0 saturated heterocycles. The molecule has 4 aliphatic heterocycles. The number of hydrogen-bond donors (Lipinski definition) is 0. The van der Waals surface area contributed by atoms with Crippen molar-refractivity contribution in [2.24, 2.45) is 0 Å². The standard InChI is InChI=1S/C19H12O3/c20-19-13-1-5-15(6-2-13)21-17-9-11-18(12-10-17)22-16-7-3-14(19)4-8-16/h1-12H. The predicted molar refractivity (Wildman–Crippen MR) is 82.9 cm³/mol. The Morgan fingerprint density at radius 3 is 1.05 bits per heavy atom. The van der Waals surface area contributed by atoms with Crippen LogP contribution in [0.4, 0.5) is 0 Å². The lowest BCUT2D eigenvalue weighted by molar-refractivity contribution is 0.103. The molecule has 3 nitrogen and oxygen atoms in total. The summed E-state index contributed by atoms with van der Waals surface area (Å²) in [6, 6.07) is 21.7. The van der Waals surface area contributed by atoms with Gasteiger partial charge in [-0.15, -0.1) is 0 Å². The molecule has 0 aromatic heterocycles. The Hall–Kier alpha value is -3.07. The Bertz CT molecular complexity index is 746. The van der Waals surface area contributed by atoms with Gasteiger partial charge in [-0.1, -0.05) is 0 Å². The zero-order valence-corrected chi connectivity index (χ0v) is 11.7.